The molecule has 31 heavy (non-hydrogen) atoms. The summed E-state index contributed by atoms with van der Waals surface area (Å²) in [5.41, 5.74) is 2.65. The van der Waals surface area contributed by atoms with E-state index in [1.54, 1.807) is 0 Å². The summed E-state index contributed by atoms with van der Waals surface area (Å²) in [5, 5.41) is 22.5. The molecule has 156 valence electrons. The van der Waals surface area contributed by atoms with Crippen LogP contribution in [0.2, 0.25) is 0 Å². The molecule has 7 nitrogen and oxygen atoms in total. The number of ether oxygens (including phenoxy) is 1. The predicted octanol–water partition coefficient (Wildman–Crippen LogP) is 4.89. The van der Waals surface area contributed by atoms with Gasteiger partial charge in [0.2, 0.25) is 0 Å². The van der Waals surface area contributed by atoms with E-state index in [4.69, 9.17) is 4.74 Å². The largest absolute Gasteiger partial charge is 0.372 e. The summed E-state index contributed by atoms with van der Waals surface area (Å²) in [6, 6.07) is 12.4. The number of hydrogen-bond acceptors (Lipinski definition) is 5. The zero-order chi connectivity index (χ0) is 21.3. The Hall–Kier alpha value is -3.32. The average molecular weight is 416 g/mol. The van der Waals surface area contributed by atoms with Crippen LogP contribution in [0.1, 0.15) is 28.5 Å². The summed E-state index contributed by atoms with van der Waals surface area (Å²) in [6.45, 7) is 0.0722. The Kier molecular flexibility index (Phi) is 3.92. The maximum Gasteiger partial charge on any atom is 0.281 e. The molecule has 7 heteroatoms. The van der Waals surface area contributed by atoms with Crippen LogP contribution in [0.25, 0.3) is 0 Å². The molecule has 0 saturated heterocycles. The van der Waals surface area contributed by atoms with Crippen LogP contribution in [0.15, 0.2) is 66.8 Å². The molecule has 4 bridgehead atoms. The summed E-state index contributed by atoms with van der Waals surface area (Å²) in [5.74, 6) is 2.28. The predicted molar refractivity (Wildman–Crippen MR) is 112 cm³/mol. The number of allylic oxidation sites excluding steroid dienone is 2. The van der Waals surface area contributed by atoms with Gasteiger partial charge in [0.15, 0.2) is 0 Å². The third-order valence-electron chi connectivity index (χ3n) is 7.62. The molecule has 0 aromatic heterocycles. The molecule has 0 unspecified atom stereocenters. The van der Waals surface area contributed by atoms with Crippen LogP contribution in [0.5, 0.6) is 0 Å². The zero-order valence-electron chi connectivity index (χ0n) is 16.5. The standard InChI is InChI=1S/C24H20N2O5/c27-25(28)14-6-5-13(21(11-14)26(29)30)12-31-24-19-9-10-20(24)23-18-8-7-17(22(19)23)15-3-1-2-4-16(15)18/h1-11,17-20,22-24H,12H2/t17-,18-,19-,20-,22+,23+/m0/s1. The number of hydrogen-bond donors (Lipinski definition) is 0. The van der Waals surface area contributed by atoms with Gasteiger partial charge in [-0.3, -0.25) is 20.2 Å². The van der Waals surface area contributed by atoms with Gasteiger partial charge in [0.25, 0.3) is 11.4 Å². The molecule has 7 rings (SSSR count). The van der Waals surface area contributed by atoms with Gasteiger partial charge in [-0.1, -0.05) is 48.6 Å². The summed E-state index contributed by atoms with van der Waals surface area (Å²) in [6.07, 6.45) is 9.20. The van der Waals surface area contributed by atoms with Crippen molar-refractivity contribution in [2.24, 2.45) is 23.7 Å². The summed E-state index contributed by atoms with van der Waals surface area (Å²) >= 11 is 0. The first-order valence-electron chi connectivity index (χ1n) is 10.5. The number of non-ortho nitro benzene ring substituents is 1. The molecular weight excluding hydrogens is 396 g/mol. The summed E-state index contributed by atoms with van der Waals surface area (Å²) < 4.78 is 6.32. The highest BCUT2D eigenvalue weighted by Crippen LogP contribution is 2.65. The molecule has 0 amide bonds. The van der Waals surface area contributed by atoms with Crippen molar-refractivity contribution in [3.05, 3.63) is 104 Å². The number of nitro groups is 2. The molecule has 0 aliphatic heterocycles. The Balaban J connectivity index is 1.27. The van der Waals surface area contributed by atoms with Crippen molar-refractivity contribution in [3.8, 4) is 0 Å². The molecule has 6 atom stereocenters. The number of nitrogens with zero attached hydrogens (tertiary/aromatic N) is 2. The van der Waals surface area contributed by atoms with Crippen molar-refractivity contribution in [3.63, 3.8) is 0 Å². The van der Waals surface area contributed by atoms with Gasteiger partial charge in [0.1, 0.15) is 0 Å². The Labute approximate surface area is 178 Å². The topological polar surface area (TPSA) is 95.5 Å². The van der Waals surface area contributed by atoms with E-state index >= 15 is 0 Å². The quantitative estimate of drug-likeness (QED) is 0.393. The molecule has 0 radical (unpaired) electrons. The molecule has 2 aromatic rings. The average Bonchev–Trinajstić information content (AvgIpc) is 3.34. The van der Waals surface area contributed by atoms with Gasteiger partial charge >= 0.3 is 0 Å². The number of nitro benzene ring substituents is 2. The van der Waals surface area contributed by atoms with Gasteiger partial charge in [-0.15, -0.1) is 0 Å². The fraction of sp³-hybridized carbons (Fsp3) is 0.333. The highest BCUT2D eigenvalue weighted by molar-refractivity contribution is 5.50. The second-order valence-corrected chi connectivity index (χ2v) is 8.86. The lowest BCUT2D eigenvalue weighted by molar-refractivity contribution is -0.394. The maximum atomic E-state index is 11.5. The molecule has 5 aliphatic carbocycles. The van der Waals surface area contributed by atoms with Crippen LogP contribution in [0.4, 0.5) is 11.4 Å². The summed E-state index contributed by atoms with van der Waals surface area (Å²) in [4.78, 5) is 21.3. The Morgan fingerprint density at radius 1 is 0.806 bits per heavy atom. The van der Waals surface area contributed by atoms with E-state index in [-0.39, 0.29) is 35.9 Å². The fourth-order valence-electron chi connectivity index (χ4n) is 6.50. The first-order chi connectivity index (χ1) is 15.0. The van der Waals surface area contributed by atoms with Crippen LogP contribution in [0, 0.1) is 43.9 Å². The van der Waals surface area contributed by atoms with Gasteiger partial charge in [-0.2, -0.15) is 0 Å². The lowest BCUT2D eigenvalue weighted by atomic mass is 9.57. The van der Waals surface area contributed by atoms with E-state index in [9.17, 15) is 20.2 Å². The highest BCUT2D eigenvalue weighted by Gasteiger charge is 2.60. The molecule has 0 heterocycles. The molecular formula is C24H20N2O5. The van der Waals surface area contributed by atoms with E-state index < -0.39 is 9.85 Å². The minimum atomic E-state index is -0.621. The SMILES string of the molecule is O=[N+]([O-])c1ccc(COC2[C@H]3C=C[C@H]2[C@@H]2[C@@H]3[C@H]3C=C[C@H]2c2ccccc23)c([N+](=O)[O-])c1. The Bertz CT molecular complexity index is 1120. The number of rotatable bonds is 5. The lowest BCUT2D eigenvalue weighted by Gasteiger charge is -2.46. The first kappa shape index (κ1) is 18.4. The van der Waals surface area contributed by atoms with Crippen LogP contribution in [0.3, 0.4) is 0 Å². The minimum absolute atomic E-state index is 0.0241. The van der Waals surface area contributed by atoms with Crippen LogP contribution in [-0.4, -0.2) is 16.0 Å². The van der Waals surface area contributed by atoms with Gasteiger partial charge < -0.3 is 4.74 Å². The van der Waals surface area contributed by atoms with Gasteiger partial charge in [-0.05, 0) is 29.0 Å². The Morgan fingerprint density at radius 3 is 1.97 bits per heavy atom. The van der Waals surface area contributed by atoms with Crippen LogP contribution in [-0.2, 0) is 11.3 Å². The van der Waals surface area contributed by atoms with Crippen molar-refractivity contribution >= 4 is 11.4 Å². The number of fused-ring (bicyclic) bond motifs is 2. The molecule has 0 spiro atoms. The van der Waals surface area contributed by atoms with E-state index in [2.05, 4.69) is 48.6 Å². The zero-order valence-corrected chi connectivity index (χ0v) is 16.5. The second-order valence-electron chi connectivity index (χ2n) is 8.86. The molecule has 5 aliphatic rings. The minimum Gasteiger partial charge on any atom is -0.372 e. The van der Waals surface area contributed by atoms with Crippen molar-refractivity contribution in [2.45, 2.75) is 24.5 Å². The van der Waals surface area contributed by atoms with Crippen LogP contribution >= 0.6 is 0 Å². The van der Waals surface area contributed by atoms with Crippen molar-refractivity contribution < 1.29 is 14.6 Å². The second kappa shape index (κ2) is 6.59. The Morgan fingerprint density at radius 2 is 1.42 bits per heavy atom. The van der Waals surface area contributed by atoms with Gasteiger partial charge in [-0.25, -0.2) is 0 Å². The van der Waals surface area contributed by atoms with E-state index in [0.29, 0.717) is 29.2 Å². The molecule has 0 N–H and O–H groups in total. The van der Waals surface area contributed by atoms with E-state index in [0.717, 1.165) is 6.07 Å². The van der Waals surface area contributed by atoms with E-state index in [1.807, 2.05) is 0 Å². The van der Waals surface area contributed by atoms with Crippen LogP contribution < -0.4 is 0 Å². The van der Waals surface area contributed by atoms with Crippen molar-refractivity contribution in [2.75, 3.05) is 0 Å². The van der Waals surface area contributed by atoms with E-state index in [1.165, 1.54) is 23.3 Å². The monoisotopic (exact) mass is 416 g/mol. The summed E-state index contributed by atoms with van der Waals surface area (Å²) in [7, 11) is 0. The lowest BCUT2D eigenvalue weighted by Crippen LogP contribution is -2.37. The first-order valence-corrected chi connectivity index (χ1v) is 10.5. The maximum absolute atomic E-state index is 11.5. The van der Waals surface area contributed by atoms with Gasteiger partial charge in [0.05, 0.1) is 34.2 Å². The third-order valence-corrected chi connectivity index (χ3v) is 7.62. The third kappa shape index (κ3) is 2.56. The molecule has 2 aromatic carbocycles. The molecule has 1 saturated carbocycles. The number of benzene rings is 2. The molecule has 1 fully saturated rings. The van der Waals surface area contributed by atoms with Crippen molar-refractivity contribution in [1.29, 1.82) is 0 Å². The smallest absolute Gasteiger partial charge is 0.281 e. The highest BCUT2D eigenvalue weighted by atomic mass is 16.6. The normalized spacial score (nSPS) is 33.4. The van der Waals surface area contributed by atoms with Gasteiger partial charge in [0, 0.05) is 29.7 Å². The van der Waals surface area contributed by atoms with Crippen molar-refractivity contribution in [1.82, 2.24) is 0 Å². The fourth-order valence-corrected chi connectivity index (χ4v) is 6.50.